The fourth-order valence-electron chi connectivity index (χ4n) is 1.99. The molecule has 1 saturated heterocycles. The lowest BCUT2D eigenvalue weighted by Gasteiger charge is -2.27. The zero-order valence-electron chi connectivity index (χ0n) is 9.15. The van der Waals surface area contributed by atoms with Crippen LogP contribution in [0.3, 0.4) is 0 Å². The molecule has 86 valence electrons. The summed E-state index contributed by atoms with van der Waals surface area (Å²) in [5, 5.41) is 9.63. The van der Waals surface area contributed by atoms with Gasteiger partial charge < -0.3 is 15.7 Å². The van der Waals surface area contributed by atoms with Gasteiger partial charge in [-0.05, 0) is 37.5 Å². The van der Waals surface area contributed by atoms with E-state index in [1.54, 1.807) is 11.0 Å². The maximum atomic E-state index is 12.1. The summed E-state index contributed by atoms with van der Waals surface area (Å²) < 4.78 is 0. The molecule has 0 atom stereocenters. The maximum absolute atomic E-state index is 12.1. The van der Waals surface area contributed by atoms with Crippen molar-refractivity contribution in [1.82, 2.24) is 4.90 Å². The molecule has 0 spiro atoms. The van der Waals surface area contributed by atoms with Crippen LogP contribution in [-0.2, 0) is 0 Å². The molecule has 1 amide bonds. The molecule has 2 rings (SSSR count). The van der Waals surface area contributed by atoms with Gasteiger partial charge in [-0.2, -0.15) is 0 Å². The van der Waals surface area contributed by atoms with Gasteiger partial charge >= 0.3 is 0 Å². The van der Waals surface area contributed by atoms with E-state index in [0.717, 1.165) is 25.9 Å². The van der Waals surface area contributed by atoms with E-state index < -0.39 is 0 Å². The number of likely N-dealkylation sites (tertiary alicyclic amines) is 1. The largest absolute Gasteiger partial charge is 0.507 e. The number of carbonyl (C=O) groups excluding carboxylic acids is 1. The molecule has 0 aliphatic carbocycles. The van der Waals surface area contributed by atoms with E-state index in [1.807, 2.05) is 0 Å². The molecule has 0 aromatic heterocycles. The molecule has 0 bridgehead atoms. The zero-order chi connectivity index (χ0) is 11.5. The van der Waals surface area contributed by atoms with E-state index in [-0.39, 0.29) is 11.7 Å². The van der Waals surface area contributed by atoms with Crippen molar-refractivity contribution >= 4 is 11.6 Å². The molecule has 3 N–H and O–H groups in total. The predicted octanol–water partition coefficient (Wildman–Crippen LogP) is 1.60. The first-order valence-corrected chi connectivity index (χ1v) is 5.56. The minimum atomic E-state index is -0.121. The van der Waals surface area contributed by atoms with Crippen LogP contribution < -0.4 is 5.73 Å². The van der Waals surface area contributed by atoms with Crippen molar-refractivity contribution < 1.29 is 9.90 Å². The Labute approximate surface area is 94.7 Å². The molecule has 4 heteroatoms. The SMILES string of the molecule is Nc1ccc(O)c(C(=O)N2CCCCC2)c1. The third-order valence-corrected chi connectivity index (χ3v) is 2.89. The maximum Gasteiger partial charge on any atom is 0.257 e. The topological polar surface area (TPSA) is 66.6 Å². The molecule has 0 saturated carbocycles. The van der Waals surface area contributed by atoms with Crippen molar-refractivity contribution in [2.24, 2.45) is 0 Å². The van der Waals surface area contributed by atoms with Crippen LogP contribution in [0.4, 0.5) is 5.69 Å². The third kappa shape index (κ3) is 2.10. The van der Waals surface area contributed by atoms with Gasteiger partial charge in [0.15, 0.2) is 0 Å². The number of amides is 1. The molecule has 1 aromatic carbocycles. The smallest absolute Gasteiger partial charge is 0.257 e. The molecule has 0 unspecified atom stereocenters. The number of nitrogen functional groups attached to an aromatic ring is 1. The molecule has 1 aliphatic heterocycles. The summed E-state index contributed by atoms with van der Waals surface area (Å²) >= 11 is 0. The van der Waals surface area contributed by atoms with Crippen LogP contribution in [0.15, 0.2) is 18.2 Å². The number of aromatic hydroxyl groups is 1. The average molecular weight is 220 g/mol. The highest BCUT2D eigenvalue weighted by Crippen LogP contribution is 2.22. The van der Waals surface area contributed by atoms with Crippen molar-refractivity contribution in [2.75, 3.05) is 18.8 Å². The third-order valence-electron chi connectivity index (χ3n) is 2.89. The van der Waals surface area contributed by atoms with Gasteiger partial charge in [0.2, 0.25) is 0 Å². The van der Waals surface area contributed by atoms with Crippen molar-refractivity contribution in [3.05, 3.63) is 23.8 Å². The zero-order valence-corrected chi connectivity index (χ0v) is 9.15. The van der Waals surface area contributed by atoms with Crippen LogP contribution in [-0.4, -0.2) is 29.0 Å². The highest BCUT2D eigenvalue weighted by atomic mass is 16.3. The van der Waals surface area contributed by atoms with Gasteiger partial charge in [-0.25, -0.2) is 0 Å². The van der Waals surface area contributed by atoms with E-state index in [2.05, 4.69) is 0 Å². The second-order valence-corrected chi connectivity index (χ2v) is 4.13. The molecular formula is C12H16N2O2. The number of nitrogens with zero attached hydrogens (tertiary/aromatic N) is 1. The van der Waals surface area contributed by atoms with Crippen LogP contribution in [0.1, 0.15) is 29.6 Å². The van der Waals surface area contributed by atoms with Crippen molar-refractivity contribution in [3.63, 3.8) is 0 Å². The first-order valence-electron chi connectivity index (χ1n) is 5.56. The van der Waals surface area contributed by atoms with E-state index in [1.165, 1.54) is 18.6 Å². The van der Waals surface area contributed by atoms with Gasteiger partial charge in [-0.15, -0.1) is 0 Å². The summed E-state index contributed by atoms with van der Waals surface area (Å²) in [7, 11) is 0. The predicted molar refractivity (Wildman–Crippen MR) is 62.3 cm³/mol. The molecule has 16 heavy (non-hydrogen) atoms. The van der Waals surface area contributed by atoms with Gasteiger partial charge in [0.1, 0.15) is 5.75 Å². The van der Waals surface area contributed by atoms with E-state index >= 15 is 0 Å². The van der Waals surface area contributed by atoms with Crippen molar-refractivity contribution in [3.8, 4) is 5.75 Å². The van der Waals surface area contributed by atoms with Crippen LogP contribution in [0.2, 0.25) is 0 Å². The summed E-state index contributed by atoms with van der Waals surface area (Å²) in [5.74, 6) is -0.116. The number of benzene rings is 1. The Morgan fingerprint density at radius 3 is 2.62 bits per heavy atom. The van der Waals surface area contributed by atoms with Gasteiger partial charge in [0.25, 0.3) is 5.91 Å². The molecule has 1 heterocycles. The second-order valence-electron chi connectivity index (χ2n) is 4.13. The number of nitrogens with two attached hydrogens (primary N) is 1. The fraction of sp³-hybridized carbons (Fsp3) is 0.417. The Morgan fingerprint density at radius 1 is 1.25 bits per heavy atom. The monoisotopic (exact) mass is 220 g/mol. The number of hydrogen-bond donors (Lipinski definition) is 2. The summed E-state index contributed by atoms with van der Waals surface area (Å²) in [4.78, 5) is 13.9. The standard InChI is InChI=1S/C12H16N2O2/c13-9-4-5-11(15)10(8-9)12(16)14-6-2-1-3-7-14/h4-5,8,15H,1-3,6-7,13H2. The molecular weight excluding hydrogens is 204 g/mol. The summed E-state index contributed by atoms with van der Waals surface area (Å²) in [6, 6.07) is 4.58. The molecule has 1 aromatic rings. The molecule has 4 nitrogen and oxygen atoms in total. The van der Waals surface area contributed by atoms with Crippen LogP contribution >= 0.6 is 0 Å². The number of hydrogen-bond acceptors (Lipinski definition) is 3. The number of phenolic OH excluding ortho intramolecular Hbond substituents is 1. The van der Waals surface area contributed by atoms with Gasteiger partial charge in [0.05, 0.1) is 5.56 Å². The number of rotatable bonds is 1. The van der Waals surface area contributed by atoms with Crippen molar-refractivity contribution in [1.29, 1.82) is 0 Å². The normalized spacial score (nSPS) is 16.1. The van der Waals surface area contributed by atoms with Crippen LogP contribution in [0, 0.1) is 0 Å². The van der Waals surface area contributed by atoms with E-state index in [9.17, 15) is 9.90 Å². The number of carbonyl (C=O) groups is 1. The highest BCUT2D eigenvalue weighted by Gasteiger charge is 2.20. The quantitative estimate of drug-likeness (QED) is 0.558. The Hall–Kier alpha value is -1.71. The Kier molecular flexibility index (Phi) is 2.99. The average Bonchev–Trinajstić information content (AvgIpc) is 2.32. The molecule has 1 fully saturated rings. The lowest BCUT2D eigenvalue weighted by Crippen LogP contribution is -2.35. The Morgan fingerprint density at radius 2 is 1.94 bits per heavy atom. The second kappa shape index (κ2) is 4.43. The fourth-order valence-corrected chi connectivity index (χ4v) is 1.99. The number of anilines is 1. The summed E-state index contributed by atoms with van der Waals surface area (Å²) in [6.07, 6.45) is 3.25. The Balaban J connectivity index is 2.22. The minimum absolute atomic E-state index is 0.00442. The lowest BCUT2D eigenvalue weighted by molar-refractivity contribution is 0.0721. The molecule has 1 aliphatic rings. The highest BCUT2D eigenvalue weighted by molar-refractivity contribution is 5.97. The number of phenols is 1. The van der Waals surface area contributed by atoms with E-state index in [4.69, 9.17) is 5.73 Å². The number of piperidine rings is 1. The van der Waals surface area contributed by atoms with Crippen LogP contribution in [0.5, 0.6) is 5.75 Å². The van der Waals surface area contributed by atoms with Gasteiger partial charge in [-0.3, -0.25) is 4.79 Å². The van der Waals surface area contributed by atoms with Gasteiger partial charge in [0, 0.05) is 18.8 Å². The summed E-state index contributed by atoms with van der Waals surface area (Å²) in [6.45, 7) is 1.54. The molecule has 0 radical (unpaired) electrons. The Bertz CT molecular complexity index is 398. The lowest BCUT2D eigenvalue weighted by atomic mass is 10.1. The van der Waals surface area contributed by atoms with Crippen molar-refractivity contribution in [2.45, 2.75) is 19.3 Å². The minimum Gasteiger partial charge on any atom is -0.507 e. The first kappa shape index (κ1) is 10.8. The summed E-state index contributed by atoms with van der Waals surface area (Å²) in [5.41, 5.74) is 6.42. The van der Waals surface area contributed by atoms with Crippen LogP contribution in [0.25, 0.3) is 0 Å². The first-order chi connectivity index (χ1) is 7.68. The van der Waals surface area contributed by atoms with E-state index in [0.29, 0.717) is 11.3 Å². The van der Waals surface area contributed by atoms with Gasteiger partial charge in [-0.1, -0.05) is 0 Å².